The van der Waals surface area contributed by atoms with Crippen LogP contribution in [0.3, 0.4) is 0 Å². The summed E-state index contributed by atoms with van der Waals surface area (Å²) >= 11 is 0. The van der Waals surface area contributed by atoms with E-state index in [1.807, 2.05) is 41.5 Å². The van der Waals surface area contributed by atoms with E-state index in [0.717, 1.165) is 0 Å². The van der Waals surface area contributed by atoms with Crippen LogP contribution in [-0.4, -0.2) is 23.5 Å². The summed E-state index contributed by atoms with van der Waals surface area (Å²) in [4.78, 5) is 24.4. The highest BCUT2D eigenvalue weighted by atomic mass is 16.6. The fourth-order valence-electron chi connectivity index (χ4n) is 1.79. The summed E-state index contributed by atoms with van der Waals surface area (Å²) in [5.74, 6) is 0.0262. The van der Waals surface area contributed by atoms with Crippen LogP contribution in [-0.2, 0) is 9.53 Å². The third-order valence-electron chi connectivity index (χ3n) is 2.56. The maximum absolute atomic E-state index is 12.5. The van der Waals surface area contributed by atoms with Gasteiger partial charge in [-0.1, -0.05) is 41.5 Å². The number of Topliss-reactive ketones (excluding diaryl/α,β-unsaturated/α-hetero) is 1. The lowest BCUT2D eigenvalue weighted by Gasteiger charge is -2.31. The molecule has 0 aliphatic rings. The van der Waals surface area contributed by atoms with Crippen molar-refractivity contribution in [2.45, 2.75) is 80.4 Å². The smallest absolute Gasteiger partial charge is 0.408 e. The van der Waals surface area contributed by atoms with Crippen LogP contribution in [0.2, 0.25) is 0 Å². The molecule has 0 fully saturated rings. The van der Waals surface area contributed by atoms with Crippen LogP contribution in [0.1, 0.15) is 68.7 Å². The van der Waals surface area contributed by atoms with Gasteiger partial charge in [0.15, 0.2) is 5.78 Å². The Bertz CT molecular complexity index is 353. The highest BCUT2D eigenvalue weighted by Gasteiger charge is 2.34. The first kappa shape index (κ1) is 18.9. The molecule has 20 heavy (non-hydrogen) atoms. The topological polar surface area (TPSA) is 55.4 Å². The third-order valence-corrected chi connectivity index (χ3v) is 2.56. The van der Waals surface area contributed by atoms with Crippen LogP contribution < -0.4 is 5.32 Å². The number of carbonyl (C=O) groups is 2. The normalized spacial score (nSPS) is 14.7. The van der Waals surface area contributed by atoms with Gasteiger partial charge in [0, 0.05) is 5.41 Å². The third kappa shape index (κ3) is 8.18. The predicted octanol–water partition coefficient (Wildman–Crippen LogP) is 3.93. The molecule has 0 aromatic rings. The van der Waals surface area contributed by atoms with Gasteiger partial charge in [-0.05, 0) is 32.6 Å². The molecule has 0 spiro atoms. The van der Waals surface area contributed by atoms with Crippen LogP contribution in [0.15, 0.2) is 0 Å². The largest absolute Gasteiger partial charge is 0.444 e. The Hall–Kier alpha value is -1.06. The van der Waals surface area contributed by atoms with Crippen molar-refractivity contribution in [2.24, 2.45) is 10.8 Å². The minimum Gasteiger partial charge on any atom is -0.444 e. The maximum Gasteiger partial charge on any atom is 0.408 e. The summed E-state index contributed by atoms with van der Waals surface area (Å²) in [5, 5.41) is 2.73. The van der Waals surface area contributed by atoms with E-state index in [1.54, 1.807) is 20.8 Å². The quantitative estimate of drug-likeness (QED) is 0.854. The van der Waals surface area contributed by atoms with Crippen molar-refractivity contribution in [2.75, 3.05) is 0 Å². The summed E-state index contributed by atoms with van der Waals surface area (Å²) < 4.78 is 5.24. The molecule has 0 radical (unpaired) electrons. The molecule has 0 bridgehead atoms. The molecule has 0 heterocycles. The first-order valence-corrected chi connectivity index (χ1v) is 7.16. The highest BCUT2D eigenvalue weighted by molar-refractivity contribution is 5.91. The molecule has 0 aliphatic heterocycles. The number of ether oxygens (including phenoxy) is 1. The van der Waals surface area contributed by atoms with Crippen molar-refractivity contribution in [1.82, 2.24) is 5.32 Å². The minimum atomic E-state index is -0.568. The maximum atomic E-state index is 12.5. The molecule has 118 valence electrons. The molecular formula is C16H31NO3. The lowest BCUT2D eigenvalue weighted by atomic mass is 9.79. The Balaban J connectivity index is 4.97. The van der Waals surface area contributed by atoms with Crippen molar-refractivity contribution >= 4 is 11.9 Å². The number of nitrogens with one attached hydrogen (secondary N) is 1. The molecule has 0 aromatic heterocycles. The van der Waals surface area contributed by atoms with E-state index in [-0.39, 0.29) is 11.2 Å². The second-order valence-corrected chi connectivity index (χ2v) is 8.58. The van der Waals surface area contributed by atoms with Crippen LogP contribution in [0.4, 0.5) is 4.79 Å². The van der Waals surface area contributed by atoms with Gasteiger partial charge < -0.3 is 10.1 Å². The first-order chi connectivity index (χ1) is 8.62. The average Bonchev–Trinajstić information content (AvgIpc) is 2.08. The van der Waals surface area contributed by atoms with E-state index in [4.69, 9.17) is 4.74 Å². The Kier molecular flexibility index (Phi) is 5.82. The second kappa shape index (κ2) is 6.15. The number of carbonyl (C=O) groups excluding carboxylic acids is 2. The number of amides is 1. The molecule has 0 saturated heterocycles. The zero-order chi connectivity index (χ0) is 16.4. The number of alkyl carbamates (subject to hydrolysis) is 1. The van der Waals surface area contributed by atoms with E-state index < -0.39 is 23.2 Å². The summed E-state index contributed by atoms with van der Waals surface area (Å²) in [5.41, 5.74) is -1.12. The Morgan fingerprint density at radius 1 is 0.950 bits per heavy atom. The van der Waals surface area contributed by atoms with Gasteiger partial charge in [-0.25, -0.2) is 4.79 Å². The van der Waals surface area contributed by atoms with Crippen LogP contribution in [0, 0.1) is 10.8 Å². The first-order valence-electron chi connectivity index (χ1n) is 7.16. The van der Waals surface area contributed by atoms with Gasteiger partial charge >= 0.3 is 6.09 Å². The lowest BCUT2D eigenvalue weighted by Crippen LogP contribution is -2.48. The van der Waals surface area contributed by atoms with Crippen LogP contribution in [0.25, 0.3) is 0 Å². The standard InChI is InChI=1S/C16H31NO3/c1-14(2,3)10-11(12(18)15(4,5)6)17-13(19)20-16(7,8)9/h11H,10H2,1-9H3,(H,17,19). The molecule has 0 aliphatic carbocycles. The fraction of sp³-hybridized carbons (Fsp3) is 0.875. The van der Waals surface area contributed by atoms with Crippen molar-refractivity contribution in [3.63, 3.8) is 0 Å². The monoisotopic (exact) mass is 285 g/mol. The summed E-state index contributed by atoms with van der Waals surface area (Å²) in [6, 6.07) is -0.523. The fourth-order valence-corrected chi connectivity index (χ4v) is 1.79. The van der Waals surface area contributed by atoms with Gasteiger partial charge in [-0.2, -0.15) is 0 Å². The van der Waals surface area contributed by atoms with Crippen LogP contribution in [0.5, 0.6) is 0 Å². The van der Waals surface area contributed by atoms with Crippen LogP contribution >= 0.6 is 0 Å². The molecule has 1 unspecified atom stereocenters. The van der Waals surface area contributed by atoms with E-state index in [0.29, 0.717) is 6.42 Å². The van der Waals surface area contributed by atoms with Gasteiger partial charge in [-0.15, -0.1) is 0 Å². The SMILES string of the molecule is CC(C)(C)CC(NC(=O)OC(C)(C)C)C(=O)C(C)(C)C. The summed E-state index contributed by atoms with van der Waals surface area (Å²) in [7, 11) is 0. The molecule has 1 amide bonds. The summed E-state index contributed by atoms with van der Waals surface area (Å²) in [6.45, 7) is 17.1. The number of hydrogen-bond acceptors (Lipinski definition) is 3. The van der Waals surface area contributed by atoms with Crippen molar-refractivity contribution in [1.29, 1.82) is 0 Å². The van der Waals surface area contributed by atoms with Gasteiger partial charge in [0.05, 0.1) is 6.04 Å². The van der Waals surface area contributed by atoms with E-state index >= 15 is 0 Å². The van der Waals surface area contributed by atoms with Gasteiger partial charge in [-0.3, -0.25) is 4.79 Å². The predicted molar refractivity (Wildman–Crippen MR) is 81.7 cm³/mol. The zero-order valence-electron chi connectivity index (χ0n) is 14.5. The Morgan fingerprint density at radius 2 is 1.40 bits per heavy atom. The molecule has 1 N–H and O–H groups in total. The highest BCUT2D eigenvalue weighted by Crippen LogP contribution is 2.26. The molecule has 4 nitrogen and oxygen atoms in total. The Morgan fingerprint density at radius 3 is 1.70 bits per heavy atom. The number of ketones is 1. The molecular weight excluding hydrogens is 254 g/mol. The van der Waals surface area contributed by atoms with Crippen molar-refractivity contribution in [3.8, 4) is 0 Å². The molecule has 0 rings (SSSR count). The molecule has 4 heteroatoms. The molecule has 0 saturated carbocycles. The van der Waals surface area contributed by atoms with Gasteiger partial charge in [0.25, 0.3) is 0 Å². The van der Waals surface area contributed by atoms with Crippen molar-refractivity contribution < 1.29 is 14.3 Å². The minimum absolute atomic E-state index is 0.0262. The lowest BCUT2D eigenvalue weighted by molar-refractivity contribution is -0.129. The Labute approximate surface area is 123 Å². The number of rotatable bonds is 3. The van der Waals surface area contributed by atoms with Gasteiger partial charge in [0.1, 0.15) is 5.60 Å². The summed E-state index contributed by atoms with van der Waals surface area (Å²) in [6.07, 6.45) is 0.0480. The van der Waals surface area contributed by atoms with Gasteiger partial charge in [0.2, 0.25) is 0 Å². The molecule has 0 aromatic carbocycles. The molecule has 1 atom stereocenters. The van der Waals surface area contributed by atoms with E-state index in [2.05, 4.69) is 5.32 Å². The zero-order valence-corrected chi connectivity index (χ0v) is 14.5. The second-order valence-electron chi connectivity index (χ2n) is 8.58. The average molecular weight is 285 g/mol. The van der Waals surface area contributed by atoms with E-state index in [9.17, 15) is 9.59 Å². The number of hydrogen-bond donors (Lipinski definition) is 1. The van der Waals surface area contributed by atoms with E-state index in [1.165, 1.54) is 0 Å². The van der Waals surface area contributed by atoms with Crippen molar-refractivity contribution in [3.05, 3.63) is 0 Å².